The number of hydrogen-bond acceptors (Lipinski definition) is 4. The minimum atomic E-state index is -0.430. The minimum absolute atomic E-state index is 0.00722. The van der Waals surface area contributed by atoms with Gasteiger partial charge >= 0.3 is 0 Å². The average Bonchev–Trinajstić information content (AvgIpc) is 3.37. The third-order valence-corrected chi connectivity index (χ3v) is 7.79. The summed E-state index contributed by atoms with van der Waals surface area (Å²) in [5.74, 6) is -0.272. The van der Waals surface area contributed by atoms with Gasteiger partial charge in [-0.15, -0.1) is 11.3 Å². The molecule has 36 heavy (non-hydrogen) atoms. The maximum absolute atomic E-state index is 14.2. The van der Waals surface area contributed by atoms with Gasteiger partial charge in [-0.3, -0.25) is 9.59 Å². The van der Waals surface area contributed by atoms with Gasteiger partial charge in [-0.25, -0.2) is 4.39 Å². The van der Waals surface area contributed by atoms with Crippen LogP contribution in [0.1, 0.15) is 52.7 Å². The summed E-state index contributed by atoms with van der Waals surface area (Å²) in [7, 11) is 0. The van der Waals surface area contributed by atoms with Crippen molar-refractivity contribution in [1.82, 2.24) is 9.80 Å². The molecule has 7 heteroatoms. The van der Waals surface area contributed by atoms with Gasteiger partial charge in [0.15, 0.2) is 11.6 Å². The van der Waals surface area contributed by atoms with Crippen molar-refractivity contribution in [2.45, 2.75) is 39.7 Å². The largest absolute Gasteiger partial charge is 0.488 e. The van der Waals surface area contributed by atoms with E-state index in [0.717, 1.165) is 24.0 Å². The van der Waals surface area contributed by atoms with E-state index in [4.69, 9.17) is 4.74 Å². The highest BCUT2D eigenvalue weighted by atomic mass is 32.1. The Morgan fingerprint density at radius 2 is 1.92 bits per heavy atom. The number of carbonyl (C=O) groups excluding carboxylic acids is 2. The van der Waals surface area contributed by atoms with Crippen molar-refractivity contribution in [3.63, 3.8) is 0 Å². The van der Waals surface area contributed by atoms with Crippen molar-refractivity contribution in [1.29, 1.82) is 0 Å². The van der Waals surface area contributed by atoms with Gasteiger partial charge in [-0.1, -0.05) is 50.1 Å². The number of amides is 2. The highest BCUT2D eigenvalue weighted by Gasteiger charge is 2.34. The SMILES string of the molecule is CC[C@H](C)CN(CC(=O)N1CCc2sccc2[C@@H]1COc1ccccc1F)C(=O)c1ccc(C)cc1. The Labute approximate surface area is 216 Å². The predicted molar refractivity (Wildman–Crippen MR) is 141 cm³/mol. The molecule has 3 aromatic rings. The lowest BCUT2D eigenvalue weighted by Gasteiger charge is -2.37. The molecule has 0 N–H and O–H groups in total. The van der Waals surface area contributed by atoms with Crippen molar-refractivity contribution >= 4 is 23.2 Å². The Balaban J connectivity index is 1.55. The number of fused-ring (bicyclic) bond motifs is 1. The first-order chi connectivity index (χ1) is 17.4. The molecule has 4 rings (SSSR count). The lowest BCUT2D eigenvalue weighted by molar-refractivity contribution is -0.135. The standard InChI is InChI=1S/C29H33FN2O3S/c1-4-20(2)17-31(29(34)22-11-9-21(3)10-12-22)18-28(33)32-15-13-27-23(14-16-36-27)25(32)19-35-26-8-6-5-7-24(26)30/h5-12,14,16,20,25H,4,13,15,17-19H2,1-3H3/t20-,25-/m0/s1. The van der Waals surface area contributed by atoms with Crippen LogP contribution in [0.5, 0.6) is 5.75 Å². The van der Waals surface area contributed by atoms with Crippen molar-refractivity contribution in [2.75, 3.05) is 26.2 Å². The van der Waals surface area contributed by atoms with Crippen molar-refractivity contribution in [3.05, 3.63) is 87.4 Å². The van der Waals surface area contributed by atoms with Gasteiger partial charge in [-0.05, 0) is 60.5 Å². The Kier molecular flexibility index (Phi) is 8.41. The molecular formula is C29H33FN2O3S. The number of rotatable bonds is 9. The van der Waals surface area contributed by atoms with E-state index in [0.29, 0.717) is 18.7 Å². The summed E-state index contributed by atoms with van der Waals surface area (Å²) >= 11 is 1.66. The molecule has 2 aromatic carbocycles. The van der Waals surface area contributed by atoms with Crippen molar-refractivity contribution < 1.29 is 18.7 Å². The highest BCUT2D eigenvalue weighted by molar-refractivity contribution is 7.10. The Bertz CT molecular complexity index is 1190. The van der Waals surface area contributed by atoms with E-state index in [1.165, 1.54) is 10.9 Å². The van der Waals surface area contributed by atoms with Crippen LogP contribution in [0.25, 0.3) is 0 Å². The topological polar surface area (TPSA) is 49.9 Å². The second-order valence-electron chi connectivity index (χ2n) is 9.46. The van der Waals surface area contributed by atoms with E-state index in [1.807, 2.05) is 42.6 Å². The lowest BCUT2D eigenvalue weighted by Crippen LogP contribution is -2.48. The van der Waals surface area contributed by atoms with E-state index in [1.54, 1.807) is 39.3 Å². The van der Waals surface area contributed by atoms with Gasteiger partial charge in [0.1, 0.15) is 13.2 Å². The van der Waals surface area contributed by atoms with Crippen LogP contribution in [0.3, 0.4) is 0 Å². The molecule has 0 saturated carbocycles. The molecule has 2 atom stereocenters. The number of hydrogen-bond donors (Lipinski definition) is 0. The van der Waals surface area contributed by atoms with Crippen LogP contribution in [-0.4, -0.2) is 47.9 Å². The molecule has 5 nitrogen and oxygen atoms in total. The smallest absolute Gasteiger partial charge is 0.254 e. The zero-order valence-electron chi connectivity index (χ0n) is 21.1. The molecule has 0 fully saturated rings. The molecule has 0 unspecified atom stereocenters. The number of benzene rings is 2. The van der Waals surface area contributed by atoms with Crippen LogP contribution in [0, 0.1) is 18.7 Å². The number of ether oxygens (including phenoxy) is 1. The highest BCUT2D eigenvalue weighted by Crippen LogP contribution is 2.34. The van der Waals surface area contributed by atoms with Gasteiger partial charge in [-0.2, -0.15) is 0 Å². The number of aryl methyl sites for hydroxylation is 1. The number of halogens is 1. The number of nitrogens with zero attached hydrogens (tertiary/aromatic N) is 2. The van der Waals surface area contributed by atoms with Crippen LogP contribution in [0.4, 0.5) is 4.39 Å². The van der Waals surface area contributed by atoms with E-state index in [-0.39, 0.29) is 42.7 Å². The number of thiophene rings is 1. The zero-order valence-corrected chi connectivity index (χ0v) is 21.9. The van der Waals surface area contributed by atoms with E-state index >= 15 is 0 Å². The zero-order chi connectivity index (χ0) is 25.7. The lowest BCUT2D eigenvalue weighted by atomic mass is 10.00. The van der Waals surface area contributed by atoms with Gasteiger partial charge < -0.3 is 14.5 Å². The first-order valence-corrected chi connectivity index (χ1v) is 13.3. The Morgan fingerprint density at radius 1 is 1.17 bits per heavy atom. The van der Waals surface area contributed by atoms with Crippen LogP contribution in [-0.2, 0) is 11.2 Å². The molecule has 0 radical (unpaired) electrons. The van der Waals surface area contributed by atoms with Gasteiger partial charge in [0.25, 0.3) is 5.91 Å². The molecule has 2 heterocycles. The Hall–Kier alpha value is -3.19. The number of para-hydroxylation sites is 1. The second-order valence-corrected chi connectivity index (χ2v) is 10.5. The first kappa shape index (κ1) is 25.9. The van der Waals surface area contributed by atoms with Gasteiger partial charge in [0, 0.05) is 23.5 Å². The average molecular weight is 509 g/mol. The summed E-state index contributed by atoms with van der Waals surface area (Å²) in [6, 6.07) is 15.4. The molecule has 0 spiro atoms. The summed E-state index contributed by atoms with van der Waals surface area (Å²) in [5.41, 5.74) is 2.69. The summed E-state index contributed by atoms with van der Waals surface area (Å²) in [4.78, 5) is 31.8. The first-order valence-electron chi connectivity index (χ1n) is 12.5. The van der Waals surface area contributed by atoms with Crippen LogP contribution < -0.4 is 4.74 Å². The normalized spacial score (nSPS) is 15.8. The Morgan fingerprint density at radius 3 is 2.64 bits per heavy atom. The van der Waals surface area contributed by atoms with Crippen LogP contribution in [0.15, 0.2) is 60.0 Å². The van der Waals surface area contributed by atoms with E-state index in [9.17, 15) is 14.0 Å². The van der Waals surface area contributed by atoms with Gasteiger partial charge in [0.05, 0.1) is 6.04 Å². The monoisotopic (exact) mass is 508 g/mol. The second kappa shape index (κ2) is 11.7. The molecule has 190 valence electrons. The van der Waals surface area contributed by atoms with Crippen LogP contribution in [0.2, 0.25) is 0 Å². The molecular weight excluding hydrogens is 475 g/mol. The summed E-state index contributed by atoms with van der Waals surface area (Å²) in [6.45, 7) is 7.33. The maximum Gasteiger partial charge on any atom is 0.254 e. The molecule has 0 aliphatic carbocycles. The fraction of sp³-hybridized carbons (Fsp3) is 0.379. The van der Waals surface area contributed by atoms with Crippen molar-refractivity contribution in [2.24, 2.45) is 5.92 Å². The van der Waals surface area contributed by atoms with Crippen LogP contribution >= 0.6 is 11.3 Å². The maximum atomic E-state index is 14.2. The van der Waals surface area contributed by atoms with E-state index < -0.39 is 5.82 Å². The molecule has 1 aromatic heterocycles. The molecule has 1 aliphatic rings. The number of carbonyl (C=O) groups is 2. The third-order valence-electron chi connectivity index (χ3n) is 6.79. The molecule has 0 saturated heterocycles. The predicted octanol–water partition coefficient (Wildman–Crippen LogP) is 5.89. The molecule has 2 amide bonds. The summed E-state index contributed by atoms with van der Waals surface area (Å²) < 4.78 is 20.0. The fourth-order valence-electron chi connectivity index (χ4n) is 4.46. The fourth-order valence-corrected chi connectivity index (χ4v) is 5.39. The summed E-state index contributed by atoms with van der Waals surface area (Å²) in [6.07, 6.45) is 1.67. The minimum Gasteiger partial charge on any atom is -0.488 e. The third kappa shape index (κ3) is 5.95. The molecule has 0 bridgehead atoms. The quantitative estimate of drug-likeness (QED) is 0.362. The van der Waals surface area contributed by atoms with Crippen molar-refractivity contribution in [3.8, 4) is 5.75 Å². The molecule has 1 aliphatic heterocycles. The van der Waals surface area contributed by atoms with Gasteiger partial charge in [0.2, 0.25) is 5.91 Å². The van der Waals surface area contributed by atoms with E-state index in [2.05, 4.69) is 13.8 Å². The summed E-state index contributed by atoms with van der Waals surface area (Å²) in [5, 5.41) is 2.02.